The summed E-state index contributed by atoms with van der Waals surface area (Å²) in [5, 5.41) is 7.89. The predicted molar refractivity (Wildman–Crippen MR) is 137 cm³/mol. The van der Waals surface area contributed by atoms with Crippen molar-refractivity contribution >= 4 is 45.4 Å². The number of anilines is 1. The average molecular weight is 446 g/mol. The highest BCUT2D eigenvalue weighted by atomic mass is 16.2. The lowest BCUT2D eigenvalue weighted by atomic mass is 10.1. The number of carbonyl (C=O) groups excluding carboxylic acids is 2. The average Bonchev–Trinajstić information content (AvgIpc) is 3.16. The van der Waals surface area contributed by atoms with Crippen molar-refractivity contribution in [1.82, 2.24) is 9.88 Å². The van der Waals surface area contributed by atoms with Crippen molar-refractivity contribution in [2.24, 2.45) is 7.05 Å². The summed E-state index contributed by atoms with van der Waals surface area (Å²) in [5.74, 6) is -0.741. The zero-order valence-corrected chi connectivity index (χ0v) is 18.7. The van der Waals surface area contributed by atoms with Crippen molar-refractivity contribution < 1.29 is 9.59 Å². The SMILES string of the molecule is Cn1c2ccccc2c2cc(/C=C(/NC(=O)c3ccccc3)C(=O)Nc3ccccc3)ccc21. The Hall–Kier alpha value is -4.64. The zero-order chi connectivity index (χ0) is 23.5. The van der Waals surface area contributed by atoms with Crippen LogP contribution in [0.1, 0.15) is 15.9 Å². The summed E-state index contributed by atoms with van der Waals surface area (Å²) >= 11 is 0. The summed E-state index contributed by atoms with van der Waals surface area (Å²) in [6.45, 7) is 0. The summed E-state index contributed by atoms with van der Waals surface area (Å²) < 4.78 is 2.15. The molecule has 0 aliphatic rings. The number of nitrogens with zero attached hydrogens (tertiary/aromatic N) is 1. The third-order valence-electron chi connectivity index (χ3n) is 5.81. The molecular formula is C29H23N3O2. The number of rotatable bonds is 5. The molecule has 2 amide bonds. The van der Waals surface area contributed by atoms with E-state index in [1.807, 2.05) is 61.6 Å². The summed E-state index contributed by atoms with van der Waals surface area (Å²) in [6, 6.07) is 32.3. The molecule has 0 fully saturated rings. The number of carbonyl (C=O) groups is 2. The number of nitrogens with one attached hydrogen (secondary N) is 2. The molecule has 5 heteroatoms. The second-order valence-electron chi connectivity index (χ2n) is 8.05. The Morgan fingerprint density at radius 3 is 2.15 bits per heavy atom. The quantitative estimate of drug-likeness (QED) is 0.339. The van der Waals surface area contributed by atoms with Gasteiger partial charge in [-0.15, -0.1) is 0 Å². The van der Waals surface area contributed by atoms with Gasteiger partial charge in [0.2, 0.25) is 0 Å². The Bertz CT molecular complexity index is 1530. The lowest BCUT2D eigenvalue weighted by Gasteiger charge is -2.11. The fraction of sp³-hybridized carbons (Fsp3) is 0.0345. The standard InChI is InChI=1S/C29H23N3O2/c1-32-26-15-9-8-14-23(26)24-18-20(16-17-27(24)32)19-25(29(34)30-22-12-6-3-7-13-22)31-28(33)21-10-4-2-5-11-21/h2-19H,1H3,(H,30,34)(H,31,33)/b25-19+. The van der Waals surface area contributed by atoms with E-state index in [1.54, 1.807) is 42.5 Å². The van der Waals surface area contributed by atoms with E-state index in [9.17, 15) is 9.59 Å². The van der Waals surface area contributed by atoms with Crippen molar-refractivity contribution in [3.8, 4) is 0 Å². The van der Waals surface area contributed by atoms with E-state index < -0.39 is 5.91 Å². The van der Waals surface area contributed by atoms with Gasteiger partial charge in [-0.2, -0.15) is 0 Å². The van der Waals surface area contributed by atoms with Crippen LogP contribution in [-0.4, -0.2) is 16.4 Å². The number of aromatic nitrogens is 1. The second-order valence-corrected chi connectivity index (χ2v) is 8.05. The Morgan fingerprint density at radius 2 is 1.38 bits per heavy atom. The summed E-state index contributed by atoms with van der Waals surface area (Å²) in [7, 11) is 2.04. The molecule has 0 saturated heterocycles. The van der Waals surface area contributed by atoms with Gasteiger partial charge in [0.25, 0.3) is 11.8 Å². The van der Waals surface area contributed by atoms with Crippen LogP contribution in [0.3, 0.4) is 0 Å². The molecule has 2 N–H and O–H groups in total. The molecule has 1 aromatic heterocycles. The number of benzene rings is 4. The topological polar surface area (TPSA) is 63.1 Å². The Labute approximate surface area is 197 Å². The Morgan fingerprint density at radius 1 is 0.735 bits per heavy atom. The van der Waals surface area contributed by atoms with Gasteiger partial charge in [-0.25, -0.2) is 0 Å². The van der Waals surface area contributed by atoms with Crippen LogP contribution in [0.15, 0.2) is 109 Å². The molecule has 0 saturated carbocycles. The van der Waals surface area contributed by atoms with E-state index in [0.717, 1.165) is 27.4 Å². The highest BCUT2D eigenvalue weighted by molar-refractivity contribution is 6.12. The lowest BCUT2D eigenvalue weighted by molar-refractivity contribution is -0.113. The van der Waals surface area contributed by atoms with Crippen LogP contribution in [-0.2, 0) is 11.8 Å². The maximum absolute atomic E-state index is 13.2. The molecule has 0 aliphatic heterocycles. The van der Waals surface area contributed by atoms with Crippen molar-refractivity contribution in [3.63, 3.8) is 0 Å². The molecule has 0 bridgehead atoms. The van der Waals surface area contributed by atoms with Gasteiger partial charge in [-0.05, 0) is 54.1 Å². The first-order valence-electron chi connectivity index (χ1n) is 11.0. The number of para-hydroxylation sites is 2. The van der Waals surface area contributed by atoms with E-state index in [1.165, 1.54) is 0 Å². The third kappa shape index (κ3) is 4.19. The summed E-state index contributed by atoms with van der Waals surface area (Å²) in [5.41, 5.74) is 4.34. The largest absolute Gasteiger partial charge is 0.344 e. The van der Waals surface area contributed by atoms with Gasteiger partial charge >= 0.3 is 0 Å². The minimum Gasteiger partial charge on any atom is -0.344 e. The van der Waals surface area contributed by atoms with Gasteiger partial charge in [0.15, 0.2) is 0 Å². The normalized spacial score (nSPS) is 11.5. The van der Waals surface area contributed by atoms with E-state index in [2.05, 4.69) is 27.3 Å². The minimum atomic E-state index is -0.395. The minimum absolute atomic E-state index is 0.164. The van der Waals surface area contributed by atoms with Crippen LogP contribution in [0.5, 0.6) is 0 Å². The molecule has 0 aliphatic carbocycles. The molecule has 0 spiro atoms. The van der Waals surface area contributed by atoms with Crippen LogP contribution >= 0.6 is 0 Å². The molecule has 5 aromatic rings. The summed E-state index contributed by atoms with van der Waals surface area (Å²) in [6.07, 6.45) is 1.71. The molecule has 4 aromatic carbocycles. The fourth-order valence-electron chi connectivity index (χ4n) is 4.10. The van der Waals surface area contributed by atoms with E-state index in [4.69, 9.17) is 0 Å². The van der Waals surface area contributed by atoms with Crippen molar-refractivity contribution in [2.75, 3.05) is 5.32 Å². The van der Waals surface area contributed by atoms with Crippen LogP contribution < -0.4 is 10.6 Å². The second kappa shape index (κ2) is 9.08. The van der Waals surface area contributed by atoms with Crippen molar-refractivity contribution in [2.45, 2.75) is 0 Å². The number of hydrogen-bond donors (Lipinski definition) is 2. The van der Waals surface area contributed by atoms with Crippen LogP contribution in [0, 0.1) is 0 Å². The highest BCUT2D eigenvalue weighted by Crippen LogP contribution is 2.29. The van der Waals surface area contributed by atoms with E-state index in [0.29, 0.717) is 11.3 Å². The van der Waals surface area contributed by atoms with Gasteiger partial charge in [0, 0.05) is 40.1 Å². The van der Waals surface area contributed by atoms with Gasteiger partial charge in [0.1, 0.15) is 5.70 Å². The highest BCUT2D eigenvalue weighted by Gasteiger charge is 2.16. The number of aryl methyl sites for hydroxylation is 1. The first-order valence-corrected chi connectivity index (χ1v) is 11.0. The van der Waals surface area contributed by atoms with Crippen molar-refractivity contribution in [1.29, 1.82) is 0 Å². The third-order valence-corrected chi connectivity index (χ3v) is 5.81. The maximum Gasteiger partial charge on any atom is 0.272 e. The zero-order valence-electron chi connectivity index (χ0n) is 18.7. The van der Waals surface area contributed by atoms with Gasteiger partial charge in [-0.1, -0.05) is 60.7 Å². The lowest BCUT2D eigenvalue weighted by Crippen LogP contribution is -2.30. The summed E-state index contributed by atoms with van der Waals surface area (Å²) in [4.78, 5) is 26.0. The van der Waals surface area contributed by atoms with Gasteiger partial charge in [-0.3, -0.25) is 9.59 Å². The van der Waals surface area contributed by atoms with Gasteiger partial charge in [0.05, 0.1) is 0 Å². The molecular weight excluding hydrogens is 422 g/mol. The Kier molecular flexibility index (Phi) is 5.67. The van der Waals surface area contributed by atoms with Crippen LogP contribution in [0.4, 0.5) is 5.69 Å². The molecule has 0 unspecified atom stereocenters. The van der Waals surface area contributed by atoms with Crippen molar-refractivity contribution in [3.05, 3.63) is 120 Å². The smallest absolute Gasteiger partial charge is 0.272 e. The van der Waals surface area contributed by atoms with Crippen LogP contribution in [0.2, 0.25) is 0 Å². The molecule has 0 radical (unpaired) electrons. The van der Waals surface area contributed by atoms with E-state index >= 15 is 0 Å². The molecule has 166 valence electrons. The van der Waals surface area contributed by atoms with Crippen LogP contribution in [0.25, 0.3) is 27.9 Å². The number of hydrogen-bond acceptors (Lipinski definition) is 2. The monoisotopic (exact) mass is 445 g/mol. The van der Waals surface area contributed by atoms with Gasteiger partial charge < -0.3 is 15.2 Å². The first-order chi connectivity index (χ1) is 16.6. The first kappa shape index (κ1) is 21.2. The number of fused-ring (bicyclic) bond motifs is 3. The molecule has 34 heavy (non-hydrogen) atoms. The van der Waals surface area contributed by atoms with E-state index in [-0.39, 0.29) is 11.6 Å². The predicted octanol–water partition coefficient (Wildman–Crippen LogP) is 5.74. The fourth-order valence-corrected chi connectivity index (χ4v) is 4.10. The number of amides is 2. The Balaban J connectivity index is 1.55. The molecule has 0 atom stereocenters. The molecule has 5 rings (SSSR count). The maximum atomic E-state index is 13.2. The molecule has 1 heterocycles. The molecule has 5 nitrogen and oxygen atoms in total.